The number of hydrogen-bond donors (Lipinski definition) is 4. The van der Waals surface area contributed by atoms with Crippen LogP contribution < -0.4 is 26.3 Å². The summed E-state index contributed by atoms with van der Waals surface area (Å²) in [7, 11) is 7.62. The Hall–Kier alpha value is -7.64. The summed E-state index contributed by atoms with van der Waals surface area (Å²) in [5.74, 6) is -11.9. The second kappa shape index (κ2) is 45.0. The number of allylic oxidation sites excluding steroid dienone is 2. The summed E-state index contributed by atoms with van der Waals surface area (Å²) in [6.07, 6.45) is 3.66. The Bertz CT molecular complexity index is 3300. The molecule has 0 aromatic heterocycles. The van der Waals surface area contributed by atoms with E-state index in [9.17, 15) is 48.3 Å². The number of amides is 8. The average Bonchev–Trinajstić information content (AvgIpc) is 0.748. The summed E-state index contributed by atoms with van der Waals surface area (Å²) in [6.45, 7) is 38.5. The zero-order valence-corrected chi connectivity index (χ0v) is 72.3. The first-order valence-electron chi connectivity index (χ1n) is 39.3. The van der Waals surface area contributed by atoms with Crippen LogP contribution >= 0.6 is 0 Å². The van der Waals surface area contributed by atoms with Crippen LogP contribution in [0, 0.1) is 53.3 Å². The summed E-state index contributed by atoms with van der Waals surface area (Å²) < 4.78 is 13.0. The lowest BCUT2D eigenvalue weighted by Crippen LogP contribution is -2.66. The fourth-order valence-electron chi connectivity index (χ4n) is 14.7. The highest BCUT2D eigenvalue weighted by Gasteiger charge is 2.51. The second-order valence-electron chi connectivity index (χ2n) is 33.4. The minimum atomic E-state index is -2.89. The van der Waals surface area contributed by atoms with Gasteiger partial charge in [0.1, 0.15) is 54.2 Å². The van der Waals surface area contributed by atoms with Crippen molar-refractivity contribution in [2.24, 2.45) is 53.3 Å². The maximum atomic E-state index is 15.2. The number of ether oxygens (including phenoxy) is 1. The van der Waals surface area contributed by atoms with Crippen LogP contribution in [0.4, 0.5) is 0 Å². The molecule has 0 aliphatic rings. The second-order valence-corrected chi connectivity index (χ2v) is 37.7. The number of rotatable bonds is 46. The number of nitrogens with one attached hydrogen (secondary N) is 3. The van der Waals surface area contributed by atoms with Crippen molar-refractivity contribution >= 4 is 89.5 Å². The first-order chi connectivity index (χ1) is 50.6. The van der Waals surface area contributed by atoms with Crippen molar-refractivity contribution < 1.29 is 71.8 Å². The monoisotopic (exact) mass is 1540 g/mol. The van der Waals surface area contributed by atoms with Crippen molar-refractivity contribution in [3.63, 3.8) is 0 Å². The highest BCUT2D eigenvalue weighted by Crippen LogP contribution is 2.37. The summed E-state index contributed by atoms with van der Waals surface area (Å²) in [5, 5.41) is 20.5. The molecule has 2 aromatic carbocycles. The van der Waals surface area contributed by atoms with E-state index in [2.05, 4.69) is 61.0 Å². The van der Waals surface area contributed by atoms with Gasteiger partial charge < -0.3 is 59.6 Å². The minimum absolute atomic E-state index is 0.00394. The molecule has 14 atom stereocenters. The number of carboxylic acid groups (broad SMARTS) is 1. The van der Waals surface area contributed by atoms with Crippen LogP contribution in [0.1, 0.15) is 203 Å². The molecule has 0 saturated carbocycles. The molecular formula is C84H139N9O15Si. The molecule has 24 nitrogen and oxygen atoms in total. The summed E-state index contributed by atoms with van der Waals surface area (Å²) in [5.41, 5.74) is 0. The van der Waals surface area contributed by atoms with Crippen LogP contribution in [0.15, 0.2) is 72.8 Å². The number of aliphatic carboxylic acids is 1. The van der Waals surface area contributed by atoms with Crippen LogP contribution in [0.2, 0.25) is 5.04 Å². The smallest absolute Gasteiger partial charge is 0.326 e. The number of ketones is 2. The lowest BCUT2D eigenvalue weighted by molar-refractivity contribution is -0.164. The van der Waals surface area contributed by atoms with Crippen LogP contribution in [0.5, 0.6) is 0 Å². The van der Waals surface area contributed by atoms with Crippen molar-refractivity contribution in [1.29, 1.82) is 0 Å². The number of nitrogens with zero attached hydrogens (tertiary/aromatic N) is 6. The fraction of sp³-hybridized carbons (Fsp3) is 0.690. The van der Waals surface area contributed by atoms with Crippen molar-refractivity contribution in [3.8, 4) is 0 Å². The summed E-state index contributed by atoms with van der Waals surface area (Å²) in [6, 6.07) is 10.4. The topological polar surface area (TPSA) is 299 Å². The third-order valence-corrected chi connectivity index (χ3v) is 26.3. The highest BCUT2D eigenvalue weighted by molar-refractivity contribution is 6.99. The van der Waals surface area contributed by atoms with E-state index in [1.165, 1.54) is 66.7 Å². The van der Waals surface area contributed by atoms with E-state index in [4.69, 9.17) is 9.16 Å². The summed E-state index contributed by atoms with van der Waals surface area (Å²) >= 11 is 0. The Kier molecular flexibility index (Phi) is 40.2. The minimum Gasteiger partial charge on any atom is -0.480 e. The van der Waals surface area contributed by atoms with Gasteiger partial charge in [0.15, 0.2) is 5.78 Å². The first-order valence-corrected chi connectivity index (χ1v) is 41.3. The molecular weight excluding hydrogens is 1400 g/mol. The Balaban J connectivity index is 2.50. The van der Waals surface area contributed by atoms with Gasteiger partial charge in [0.25, 0.3) is 8.32 Å². The molecule has 0 heterocycles. The van der Waals surface area contributed by atoms with E-state index < -0.39 is 163 Å². The zero-order valence-electron chi connectivity index (χ0n) is 71.3. The van der Waals surface area contributed by atoms with Crippen LogP contribution in [-0.2, 0) is 66.7 Å². The lowest BCUT2D eigenvalue weighted by Gasteiger charge is -2.43. The molecule has 0 radical (unpaired) electrons. The van der Waals surface area contributed by atoms with Crippen molar-refractivity contribution in [2.45, 2.75) is 269 Å². The number of carbonyl (C=O) groups is 12. The number of hydrogen-bond acceptors (Lipinski definition) is 15. The highest BCUT2D eigenvalue weighted by atomic mass is 28.4. The van der Waals surface area contributed by atoms with Gasteiger partial charge in [-0.3, -0.25) is 52.7 Å². The van der Waals surface area contributed by atoms with Gasteiger partial charge in [-0.15, -0.1) is 0 Å². The maximum Gasteiger partial charge on any atom is 0.326 e. The number of carboxylic acids is 1. The maximum absolute atomic E-state index is 15.2. The third-order valence-electron chi connectivity index (χ3n) is 21.2. The quantitative estimate of drug-likeness (QED) is 0.0208. The van der Waals surface area contributed by atoms with Crippen molar-refractivity contribution in [1.82, 2.24) is 45.3 Å². The van der Waals surface area contributed by atoms with E-state index in [0.717, 1.165) is 15.3 Å². The summed E-state index contributed by atoms with van der Waals surface area (Å²) in [4.78, 5) is 180. The Morgan fingerprint density at radius 3 is 1.39 bits per heavy atom. The number of Topliss-reactive ketones (excluding diaryl/α,β-unsaturated/α-hetero) is 2. The number of carbonyl (C=O) groups excluding carboxylic acids is 11. The molecule has 4 N–H and O–H groups in total. The molecule has 0 spiro atoms. The fourth-order valence-corrected chi connectivity index (χ4v) is 19.3. The van der Waals surface area contributed by atoms with Gasteiger partial charge in [0.2, 0.25) is 47.3 Å². The molecule has 614 valence electrons. The molecule has 0 fully saturated rings. The van der Waals surface area contributed by atoms with Gasteiger partial charge in [-0.05, 0) is 123 Å². The Morgan fingerprint density at radius 2 is 0.963 bits per heavy atom. The van der Waals surface area contributed by atoms with Gasteiger partial charge in [-0.25, -0.2) is 4.79 Å². The molecule has 109 heavy (non-hydrogen) atoms. The van der Waals surface area contributed by atoms with E-state index >= 15 is 14.4 Å². The average molecular weight is 1540 g/mol. The molecule has 0 unspecified atom stereocenters. The van der Waals surface area contributed by atoms with E-state index in [1.54, 1.807) is 89.4 Å². The molecule has 0 bridgehead atoms. The van der Waals surface area contributed by atoms with E-state index in [1.807, 2.05) is 90.9 Å². The third kappa shape index (κ3) is 27.1. The first kappa shape index (κ1) is 97.4. The molecule has 2 aromatic rings. The molecule has 2 rings (SSSR count). The number of esters is 1. The standard InChI is InChI=1S/C84H139N9O15Si/c1-29-31-39-57(14)74(108-61(18)94)73(76(98)86-64(30-2)83(105)106)93(28)82(104)71(55(11)12)91(26)80(102)67(48-53(7)8)90(25)79(101)66(47-52(5)6)89(24)77(99)59(16)50-68(95)58(15)49-69(96)65(46-51(3)4)88(23)81(103)70(54(9)10)87-75(97)72(92(27)78(100)60(17)85-22)56(13)40-38-45-107-109(84(19,20)21,62-41-34-32-35-42-62)63-43-36-33-37-44-63/h29,31-37,41-44,51-60,64-67,70-74,85H,30,38-40,45-50H2,1-28H3,(H,86,98)(H,87,97)(H,105,106)/b31-29+/t56-,57+,58+,59-,60-,64-,65-,66-,67-,70+,71-,72+,73-,74+/m0/s1. The van der Waals surface area contributed by atoms with Gasteiger partial charge in [0.05, 0.1) is 12.1 Å². The SMILES string of the molecule is C/C=C/C[C@@H](C)[C@@H](OC(C)=O)[C@@H](C(=O)N[C@@H](CC)C(=O)O)N(C)C(=O)[C@H](C(C)C)N(C)C(=O)[C@H](CC(C)C)N(C)C(=O)[C@H](CC(C)C)N(C)C(=O)[C@@H](C)CC(=O)[C@H](C)CC(=O)[C@H](CC(C)C)N(C)C(=O)[C@H](NC(=O)[C@@H]([C@@H](C)CCCO[Si](c1ccccc1)(c1ccccc1)C(C)(C)C)N(C)C(=O)[C@H](C)NC)C(C)C. The lowest BCUT2D eigenvalue weighted by atomic mass is 9.88. The van der Waals surface area contributed by atoms with Crippen molar-refractivity contribution in [2.75, 3.05) is 55.9 Å². The van der Waals surface area contributed by atoms with Crippen LogP contribution in [-0.4, -0.2) is 230 Å². The Labute approximate surface area is 654 Å². The molecule has 0 saturated heterocycles. The zero-order chi connectivity index (χ0) is 83.6. The molecule has 8 amide bonds. The largest absolute Gasteiger partial charge is 0.480 e. The normalized spacial score (nSPS) is 15.9. The van der Waals surface area contributed by atoms with E-state index in [-0.39, 0.29) is 73.0 Å². The molecule has 25 heteroatoms. The Morgan fingerprint density at radius 1 is 0.523 bits per heavy atom. The van der Waals surface area contributed by atoms with Crippen LogP contribution in [0.3, 0.4) is 0 Å². The van der Waals surface area contributed by atoms with Crippen LogP contribution in [0.25, 0.3) is 0 Å². The van der Waals surface area contributed by atoms with E-state index in [0.29, 0.717) is 25.9 Å². The number of likely N-dealkylation sites (N-methyl/N-ethyl adjacent to an activating group) is 7. The van der Waals surface area contributed by atoms with Gasteiger partial charge in [0, 0.05) is 80.5 Å². The van der Waals surface area contributed by atoms with Crippen molar-refractivity contribution in [3.05, 3.63) is 72.8 Å². The predicted octanol–water partition coefficient (Wildman–Crippen LogP) is 9.19. The van der Waals surface area contributed by atoms with Gasteiger partial charge in [-0.1, -0.05) is 197 Å². The number of benzene rings is 2. The van der Waals surface area contributed by atoms with Gasteiger partial charge in [-0.2, -0.15) is 0 Å². The predicted molar refractivity (Wildman–Crippen MR) is 431 cm³/mol. The molecule has 0 aliphatic carbocycles. The van der Waals surface area contributed by atoms with Gasteiger partial charge >= 0.3 is 11.9 Å². The molecule has 0 aliphatic heterocycles.